The third-order valence-corrected chi connectivity index (χ3v) is 6.72. The van der Waals surface area contributed by atoms with Crippen LogP contribution in [0.3, 0.4) is 0 Å². The Hall–Kier alpha value is -2.74. The largest absolute Gasteiger partial charge is 0.371 e. The number of rotatable bonds is 4. The number of carbonyl (C=O) groups excluding carboxylic acids is 1. The standard InChI is InChI=1S/C22H22N4O2S/c1-25-11-14(15-5-2-3-7-17(15)25)12-26-9-10-28-18(13-26)19-16-6-4-8-24-22(16)29-20(19)21(23)27/h2-8,11,18H,9-10,12-13H2,1H3,(H2,23,27)/t18-/m0/s1. The van der Waals surface area contributed by atoms with Crippen molar-refractivity contribution in [3.05, 3.63) is 64.8 Å². The first-order valence-electron chi connectivity index (χ1n) is 9.66. The summed E-state index contributed by atoms with van der Waals surface area (Å²) in [6.45, 7) is 3.02. The fourth-order valence-corrected chi connectivity index (χ4v) is 5.31. The number of nitrogens with zero attached hydrogens (tertiary/aromatic N) is 3. The van der Waals surface area contributed by atoms with E-state index in [9.17, 15) is 4.79 Å². The SMILES string of the molecule is Cn1cc(CN2CCO[C@H](c3c(C(N)=O)sc4ncccc34)C2)c2ccccc21. The van der Waals surface area contributed by atoms with Crippen LogP contribution >= 0.6 is 11.3 Å². The molecule has 2 N–H and O–H groups in total. The van der Waals surface area contributed by atoms with Gasteiger partial charge < -0.3 is 15.0 Å². The van der Waals surface area contributed by atoms with Crippen molar-refractivity contribution in [1.82, 2.24) is 14.5 Å². The van der Waals surface area contributed by atoms with Crippen LogP contribution < -0.4 is 5.73 Å². The van der Waals surface area contributed by atoms with Crippen LogP contribution in [0.1, 0.15) is 26.9 Å². The van der Waals surface area contributed by atoms with Crippen LogP contribution in [0.5, 0.6) is 0 Å². The van der Waals surface area contributed by atoms with Gasteiger partial charge in [-0.2, -0.15) is 0 Å². The maximum absolute atomic E-state index is 12.1. The Kier molecular flexibility index (Phi) is 4.58. The maximum atomic E-state index is 12.1. The lowest BCUT2D eigenvalue weighted by Gasteiger charge is -2.33. The van der Waals surface area contributed by atoms with Crippen LogP contribution in [0.25, 0.3) is 21.1 Å². The number of hydrogen-bond acceptors (Lipinski definition) is 5. The van der Waals surface area contributed by atoms with Gasteiger partial charge in [-0.15, -0.1) is 11.3 Å². The second-order valence-corrected chi connectivity index (χ2v) is 8.44. The summed E-state index contributed by atoms with van der Waals surface area (Å²) in [6, 6.07) is 12.3. The molecule has 3 aromatic heterocycles. The van der Waals surface area contributed by atoms with Crippen molar-refractivity contribution in [3.63, 3.8) is 0 Å². The van der Waals surface area contributed by atoms with Crippen molar-refractivity contribution in [3.8, 4) is 0 Å². The van der Waals surface area contributed by atoms with E-state index in [1.165, 1.54) is 27.8 Å². The van der Waals surface area contributed by atoms with Gasteiger partial charge in [0.25, 0.3) is 5.91 Å². The first kappa shape index (κ1) is 18.3. The minimum Gasteiger partial charge on any atom is -0.371 e. The lowest BCUT2D eigenvalue weighted by atomic mass is 10.0. The molecule has 1 aliphatic rings. The predicted octanol–water partition coefficient (Wildman–Crippen LogP) is 3.46. The molecule has 5 rings (SSSR count). The van der Waals surface area contributed by atoms with E-state index in [1.54, 1.807) is 6.20 Å². The number of morpholine rings is 1. The Morgan fingerprint density at radius 1 is 1.28 bits per heavy atom. The number of hydrogen-bond donors (Lipinski definition) is 1. The van der Waals surface area contributed by atoms with Crippen molar-refractivity contribution in [2.75, 3.05) is 19.7 Å². The third-order valence-electron chi connectivity index (χ3n) is 5.57. The molecule has 0 aliphatic carbocycles. The Labute approximate surface area is 172 Å². The lowest BCUT2D eigenvalue weighted by molar-refractivity contribution is -0.0321. The number of amides is 1. The number of aromatic nitrogens is 2. The molecule has 7 heteroatoms. The van der Waals surface area contributed by atoms with Crippen LogP contribution in [-0.4, -0.2) is 40.1 Å². The molecule has 1 atom stereocenters. The van der Waals surface area contributed by atoms with Gasteiger partial charge in [0, 0.05) is 60.9 Å². The molecule has 0 radical (unpaired) electrons. The number of benzene rings is 1. The third kappa shape index (κ3) is 3.21. The fraction of sp³-hybridized carbons (Fsp3) is 0.273. The van der Waals surface area contributed by atoms with E-state index < -0.39 is 5.91 Å². The molecule has 1 amide bonds. The molecular formula is C22H22N4O2S. The molecule has 148 valence electrons. The predicted molar refractivity (Wildman–Crippen MR) is 115 cm³/mol. The second-order valence-electron chi connectivity index (χ2n) is 7.44. The van der Waals surface area contributed by atoms with Crippen LogP contribution in [0.15, 0.2) is 48.8 Å². The number of nitrogens with two attached hydrogens (primary N) is 1. The van der Waals surface area contributed by atoms with Crippen molar-refractivity contribution in [2.45, 2.75) is 12.6 Å². The zero-order valence-electron chi connectivity index (χ0n) is 16.2. The van der Waals surface area contributed by atoms with Crippen LogP contribution in [0.4, 0.5) is 0 Å². The highest BCUT2D eigenvalue weighted by molar-refractivity contribution is 7.20. The van der Waals surface area contributed by atoms with Crippen LogP contribution in [-0.2, 0) is 18.3 Å². The molecule has 1 aromatic carbocycles. The molecule has 1 fully saturated rings. The Bertz CT molecular complexity index is 1210. The smallest absolute Gasteiger partial charge is 0.259 e. The summed E-state index contributed by atoms with van der Waals surface area (Å²) < 4.78 is 8.28. The lowest BCUT2D eigenvalue weighted by Crippen LogP contribution is -2.38. The number of ether oxygens (including phenoxy) is 1. The second kappa shape index (κ2) is 7.26. The first-order chi connectivity index (χ1) is 14.1. The molecule has 0 saturated carbocycles. The van der Waals surface area contributed by atoms with Crippen LogP contribution in [0.2, 0.25) is 0 Å². The van der Waals surface area contributed by atoms with E-state index in [0.29, 0.717) is 18.0 Å². The van der Waals surface area contributed by atoms with E-state index >= 15 is 0 Å². The summed E-state index contributed by atoms with van der Waals surface area (Å²) >= 11 is 1.35. The Balaban J connectivity index is 1.46. The fourth-order valence-electron chi connectivity index (χ4n) is 4.27. The number of primary amides is 1. The highest BCUT2D eigenvalue weighted by atomic mass is 32.1. The van der Waals surface area contributed by atoms with E-state index in [4.69, 9.17) is 10.5 Å². The van der Waals surface area contributed by atoms with Gasteiger partial charge in [0.15, 0.2) is 0 Å². The van der Waals surface area contributed by atoms with Crippen molar-refractivity contribution >= 4 is 38.4 Å². The average molecular weight is 407 g/mol. The van der Waals surface area contributed by atoms with E-state index in [-0.39, 0.29) is 6.10 Å². The molecule has 0 bridgehead atoms. The van der Waals surface area contributed by atoms with Gasteiger partial charge in [0.05, 0.1) is 12.7 Å². The van der Waals surface area contributed by atoms with Crippen molar-refractivity contribution in [1.29, 1.82) is 0 Å². The number of carbonyl (C=O) groups is 1. The molecule has 1 saturated heterocycles. The molecule has 4 aromatic rings. The number of aryl methyl sites for hydroxylation is 1. The zero-order valence-corrected chi connectivity index (χ0v) is 17.0. The topological polar surface area (TPSA) is 73.4 Å². The summed E-state index contributed by atoms with van der Waals surface area (Å²) in [5, 5.41) is 2.24. The van der Waals surface area contributed by atoms with Gasteiger partial charge in [-0.25, -0.2) is 4.98 Å². The van der Waals surface area contributed by atoms with Gasteiger partial charge in [-0.05, 0) is 17.7 Å². The monoisotopic (exact) mass is 406 g/mol. The summed E-state index contributed by atoms with van der Waals surface area (Å²) in [7, 11) is 2.08. The number of thiophene rings is 1. The van der Waals surface area contributed by atoms with E-state index in [0.717, 1.165) is 28.9 Å². The quantitative estimate of drug-likeness (QED) is 0.563. The summed E-state index contributed by atoms with van der Waals surface area (Å²) in [6.07, 6.45) is 3.75. The number of pyridine rings is 1. The molecule has 0 unspecified atom stereocenters. The Morgan fingerprint density at radius 3 is 2.97 bits per heavy atom. The average Bonchev–Trinajstić information content (AvgIpc) is 3.27. The zero-order chi connectivity index (χ0) is 20.0. The van der Waals surface area contributed by atoms with Crippen LogP contribution in [0, 0.1) is 0 Å². The molecular weight excluding hydrogens is 384 g/mol. The maximum Gasteiger partial charge on any atom is 0.259 e. The minimum absolute atomic E-state index is 0.195. The summed E-state index contributed by atoms with van der Waals surface area (Å²) in [4.78, 5) is 20.3. The van der Waals surface area contributed by atoms with Gasteiger partial charge >= 0.3 is 0 Å². The van der Waals surface area contributed by atoms with E-state index in [1.807, 2.05) is 12.1 Å². The molecule has 6 nitrogen and oxygen atoms in total. The highest BCUT2D eigenvalue weighted by Crippen LogP contribution is 2.37. The normalized spacial score (nSPS) is 17.9. The van der Waals surface area contributed by atoms with Crippen molar-refractivity contribution < 1.29 is 9.53 Å². The van der Waals surface area contributed by atoms with Gasteiger partial charge in [-0.1, -0.05) is 24.3 Å². The molecule has 1 aliphatic heterocycles. The summed E-state index contributed by atoms with van der Waals surface area (Å²) in [5.41, 5.74) is 9.10. The van der Waals surface area contributed by atoms with Gasteiger partial charge in [0.1, 0.15) is 9.71 Å². The number of para-hydroxylation sites is 1. The van der Waals surface area contributed by atoms with Gasteiger partial charge in [-0.3, -0.25) is 9.69 Å². The first-order valence-corrected chi connectivity index (χ1v) is 10.5. The minimum atomic E-state index is -0.419. The molecule has 29 heavy (non-hydrogen) atoms. The number of fused-ring (bicyclic) bond motifs is 2. The van der Waals surface area contributed by atoms with E-state index in [2.05, 4.69) is 52.0 Å². The Morgan fingerprint density at radius 2 is 2.10 bits per heavy atom. The highest BCUT2D eigenvalue weighted by Gasteiger charge is 2.29. The molecule has 0 spiro atoms. The molecule has 4 heterocycles. The summed E-state index contributed by atoms with van der Waals surface area (Å²) in [5.74, 6) is -0.419. The van der Waals surface area contributed by atoms with Crippen molar-refractivity contribution in [2.24, 2.45) is 12.8 Å². The van der Waals surface area contributed by atoms with Gasteiger partial charge in [0.2, 0.25) is 0 Å².